The number of anilines is 2. The third kappa shape index (κ3) is 2.59. The van der Waals surface area contributed by atoms with Crippen LogP contribution in [0.3, 0.4) is 0 Å². The summed E-state index contributed by atoms with van der Waals surface area (Å²) in [5.74, 6) is 6.60. The number of rotatable bonds is 4. The van der Waals surface area contributed by atoms with E-state index in [1.807, 2.05) is 25.8 Å². The number of hydrogen-bond donors (Lipinski definition) is 2. The van der Waals surface area contributed by atoms with E-state index >= 15 is 0 Å². The van der Waals surface area contributed by atoms with Crippen LogP contribution >= 0.6 is 11.3 Å². The largest absolute Gasteiger partial charge is 0.355 e. The Kier molecular flexibility index (Phi) is 3.83. The van der Waals surface area contributed by atoms with Crippen molar-refractivity contribution >= 4 is 33.3 Å². The van der Waals surface area contributed by atoms with Crippen LogP contribution in [0.2, 0.25) is 0 Å². The SMILES string of the molecule is Cc1cc2c(N(C)C(C)CC#N)nc(NN)nc2s1. The van der Waals surface area contributed by atoms with Gasteiger partial charge in [0, 0.05) is 18.0 Å². The summed E-state index contributed by atoms with van der Waals surface area (Å²) in [7, 11) is 1.93. The van der Waals surface area contributed by atoms with Gasteiger partial charge in [0.15, 0.2) is 0 Å². The normalized spacial score (nSPS) is 12.2. The van der Waals surface area contributed by atoms with E-state index in [4.69, 9.17) is 11.1 Å². The molecule has 3 N–H and O–H groups in total. The second-order valence-electron chi connectivity index (χ2n) is 4.41. The van der Waals surface area contributed by atoms with Crippen molar-refractivity contribution in [1.82, 2.24) is 9.97 Å². The monoisotopic (exact) mass is 276 g/mol. The van der Waals surface area contributed by atoms with E-state index in [-0.39, 0.29) is 6.04 Å². The minimum Gasteiger partial charge on any atom is -0.355 e. The first-order valence-electron chi connectivity index (χ1n) is 5.91. The maximum atomic E-state index is 8.81. The Hall–Kier alpha value is -1.91. The van der Waals surface area contributed by atoms with E-state index in [2.05, 4.69) is 27.5 Å². The van der Waals surface area contributed by atoms with Crippen molar-refractivity contribution in [3.05, 3.63) is 10.9 Å². The van der Waals surface area contributed by atoms with Crippen molar-refractivity contribution < 1.29 is 0 Å². The summed E-state index contributed by atoms with van der Waals surface area (Å²) in [6.07, 6.45) is 0.441. The average Bonchev–Trinajstić information content (AvgIpc) is 2.76. The number of nitrogens with two attached hydrogens (primary N) is 1. The van der Waals surface area contributed by atoms with Crippen LogP contribution in [-0.2, 0) is 0 Å². The molecule has 2 aromatic heterocycles. The second-order valence-corrected chi connectivity index (χ2v) is 5.65. The van der Waals surface area contributed by atoms with E-state index in [9.17, 15) is 0 Å². The molecule has 0 bridgehead atoms. The van der Waals surface area contributed by atoms with Crippen molar-refractivity contribution in [3.63, 3.8) is 0 Å². The zero-order valence-corrected chi connectivity index (χ0v) is 12.0. The molecule has 0 saturated carbocycles. The van der Waals surface area contributed by atoms with E-state index in [1.165, 1.54) is 4.88 Å². The minimum atomic E-state index is 0.0777. The first-order chi connectivity index (χ1) is 9.06. The number of nitriles is 1. The summed E-state index contributed by atoms with van der Waals surface area (Å²) in [6, 6.07) is 4.32. The number of aromatic nitrogens is 2. The van der Waals surface area contributed by atoms with Gasteiger partial charge < -0.3 is 4.90 Å². The van der Waals surface area contributed by atoms with Gasteiger partial charge in [-0.05, 0) is 19.9 Å². The van der Waals surface area contributed by atoms with Gasteiger partial charge in [-0.25, -0.2) is 10.8 Å². The number of nitrogens with zero attached hydrogens (tertiary/aromatic N) is 4. The fraction of sp³-hybridized carbons (Fsp3) is 0.417. The Morgan fingerprint density at radius 1 is 1.58 bits per heavy atom. The molecule has 0 spiro atoms. The molecule has 7 heteroatoms. The van der Waals surface area contributed by atoms with E-state index in [0.717, 1.165) is 16.0 Å². The summed E-state index contributed by atoms with van der Waals surface area (Å²) in [5.41, 5.74) is 2.49. The van der Waals surface area contributed by atoms with Gasteiger partial charge in [0.25, 0.3) is 0 Å². The molecule has 1 unspecified atom stereocenters. The lowest BCUT2D eigenvalue weighted by Crippen LogP contribution is -2.29. The third-order valence-corrected chi connectivity index (χ3v) is 3.95. The predicted octanol–water partition coefficient (Wildman–Crippen LogP) is 2.02. The maximum absolute atomic E-state index is 8.81. The molecule has 0 fully saturated rings. The molecule has 0 amide bonds. The van der Waals surface area contributed by atoms with Gasteiger partial charge in [-0.3, -0.25) is 5.43 Å². The molecule has 0 saturated heterocycles. The first kappa shape index (κ1) is 13.5. The first-order valence-corrected chi connectivity index (χ1v) is 6.73. The fourth-order valence-electron chi connectivity index (χ4n) is 1.84. The highest BCUT2D eigenvalue weighted by Gasteiger charge is 2.17. The Bertz CT molecular complexity index is 629. The molecule has 0 aliphatic rings. The summed E-state index contributed by atoms with van der Waals surface area (Å²) < 4.78 is 0. The van der Waals surface area contributed by atoms with Crippen LogP contribution in [0.4, 0.5) is 11.8 Å². The van der Waals surface area contributed by atoms with Crippen LogP contribution in [0, 0.1) is 18.3 Å². The second kappa shape index (κ2) is 5.38. The van der Waals surface area contributed by atoms with Crippen LogP contribution in [-0.4, -0.2) is 23.1 Å². The molecule has 100 valence electrons. The van der Waals surface area contributed by atoms with E-state index in [0.29, 0.717) is 12.4 Å². The summed E-state index contributed by atoms with van der Waals surface area (Å²) >= 11 is 1.60. The summed E-state index contributed by atoms with van der Waals surface area (Å²) in [6.45, 7) is 4.02. The number of hydrazine groups is 1. The number of thiophene rings is 1. The number of nitrogens with one attached hydrogen (secondary N) is 1. The van der Waals surface area contributed by atoms with Gasteiger partial charge in [0.2, 0.25) is 5.95 Å². The molecule has 2 heterocycles. The molecule has 0 aliphatic heterocycles. The van der Waals surface area contributed by atoms with Crippen LogP contribution in [0.1, 0.15) is 18.2 Å². The zero-order chi connectivity index (χ0) is 14.0. The number of hydrogen-bond acceptors (Lipinski definition) is 7. The maximum Gasteiger partial charge on any atom is 0.240 e. The van der Waals surface area contributed by atoms with Crippen LogP contribution in [0.15, 0.2) is 6.07 Å². The van der Waals surface area contributed by atoms with E-state index < -0.39 is 0 Å². The van der Waals surface area contributed by atoms with Crippen molar-refractivity contribution in [2.24, 2.45) is 5.84 Å². The topological polar surface area (TPSA) is 90.9 Å². The van der Waals surface area contributed by atoms with Crippen LogP contribution < -0.4 is 16.2 Å². The lowest BCUT2D eigenvalue weighted by Gasteiger charge is -2.24. The molecule has 1 atom stereocenters. The van der Waals surface area contributed by atoms with E-state index in [1.54, 1.807) is 11.3 Å². The van der Waals surface area contributed by atoms with Crippen molar-refractivity contribution in [1.29, 1.82) is 5.26 Å². The third-order valence-electron chi connectivity index (χ3n) is 3.01. The number of fused-ring (bicyclic) bond motifs is 1. The van der Waals surface area contributed by atoms with Crippen LogP contribution in [0.25, 0.3) is 10.2 Å². The summed E-state index contributed by atoms with van der Waals surface area (Å²) in [5, 5.41) is 9.81. The number of aryl methyl sites for hydroxylation is 1. The smallest absolute Gasteiger partial charge is 0.240 e. The Balaban J connectivity index is 2.54. The lowest BCUT2D eigenvalue weighted by molar-refractivity contribution is 0.696. The Morgan fingerprint density at radius 2 is 2.32 bits per heavy atom. The predicted molar refractivity (Wildman–Crippen MR) is 78.1 cm³/mol. The lowest BCUT2D eigenvalue weighted by atomic mass is 10.2. The van der Waals surface area contributed by atoms with Crippen LogP contribution in [0.5, 0.6) is 0 Å². The van der Waals surface area contributed by atoms with Gasteiger partial charge in [0.05, 0.1) is 17.9 Å². The molecule has 0 radical (unpaired) electrons. The van der Waals surface area contributed by atoms with Gasteiger partial charge in [-0.2, -0.15) is 10.2 Å². The highest BCUT2D eigenvalue weighted by Crippen LogP contribution is 2.32. The molecule has 2 aromatic rings. The van der Waals surface area contributed by atoms with Crippen molar-refractivity contribution in [3.8, 4) is 6.07 Å². The molecule has 6 nitrogen and oxygen atoms in total. The molecule has 0 aliphatic carbocycles. The summed E-state index contributed by atoms with van der Waals surface area (Å²) in [4.78, 5) is 12.8. The average molecular weight is 276 g/mol. The van der Waals surface area contributed by atoms with Crippen molar-refractivity contribution in [2.75, 3.05) is 17.4 Å². The number of nitrogen functional groups attached to an aromatic ring is 1. The van der Waals surface area contributed by atoms with Gasteiger partial charge in [-0.15, -0.1) is 11.3 Å². The van der Waals surface area contributed by atoms with Crippen molar-refractivity contribution in [2.45, 2.75) is 26.3 Å². The zero-order valence-electron chi connectivity index (χ0n) is 11.1. The van der Waals surface area contributed by atoms with Gasteiger partial charge in [-0.1, -0.05) is 0 Å². The highest BCUT2D eigenvalue weighted by molar-refractivity contribution is 7.18. The minimum absolute atomic E-state index is 0.0777. The quantitative estimate of drug-likeness (QED) is 0.656. The standard InChI is InChI=1S/C12H16N6S/c1-7(4-5-13)18(3)10-9-6-8(2)19-11(9)16-12(15-10)17-14/h6-7H,4,14H2,1-3H3,(H,15,16,17). The van der Waals surface area contributed by atoms with Gasteiger partial charge >= 0.3 is 0 Å². The Morgan fingerprint density at radius 3 is 2.95 bits per heavy atom. The van der Waals surface area contributed by atoms with Gasteiger partial charge in [0.1, 0.15) is 10.6 Å². The fourth-order valence-corrected chi connectivity index (χ4v) is 2.71. The molecule has 0 aromatic carbocycles. The molecule has 19 heavy (non-hydrogen) atoms. The molecular weight excluding hydrogens is 260 g/mol. The molecular formula is C12H16N6S. The Labute approximate surface area is 115 Å². The molecule has 2 rings (SSSR count). The highest BCUT2D eigenvalue weighted by atomic mass is 32.1.